The third-order valence-corrected chi connectivity index (χ3v) is 5.77. The number of nitrogens with one attached hydrogen (secondary N) is 1. The average molecular weight is 431 g/mol. The van der Waals surface area contributed by atoms with Crippen LogP contribution in [0.1, 0.15) is 0 Å². The molecule has 31 heavy (non-hydrogen) atoms. The van der Waals surface area contributed by atoms with Gasteiger partial charge in [0.2, 0.25) is 5.16 Å². The second kappa shape index (κ2) is 7.40. The molecule has 0 bridgehead atoms. The summed E-state index contributed by atoms with van der Waals surface area (Å²) in [7, 11) is 3.02. The molecular formula is C21H17N7O2S. The molecule has 5 rings (SSSR count). The van der Waals surface area contributed by atoms with E-state index in [4.69, 9.17) is 0 Å². The Morgan fingerprint density at radius 1 is 0.871 bits per heavy atom. The molecule has 0 aliphatic carbocycles. The number of H-pyrrole nitrogens is 1. The minimum absolute atomic E-state index is 0.265. The lowest BCUT2D eigenvalue weighted by molar-refractivity contribution is 0.708. The smallest absolute Gasteiger partial charge is 0.327 e. The topological polar surface area (TPSA) is 103 Å². The molecule has 5 aromatic rings. The van der Waals surface area contributed by atoms with E-state index in [-0.39, 0.29) is 5.52 Å². The number of hydrogen-bond donors (Lipinski definition) is 1. The van der Waals surface area contributed by atoms with Gasteiger partial charge in [0.25, 0.3) is 5.56 Å². The number of nitrogens with zero attached hydrogens (tertiary/aromatic N) is 6. The van der Waals surface area contributed by atoms with Crippen molar-refractivity contribution in [1.29, 1.82) is 0 Å². The fraction of sp³-hybridized carbons (Fsp3) is 0.0952. The van der Waals surface area contributed by atoms with Crippen LogP contribution in [-0.4, -0.2) is 33.9 Å². The molecule has 0 fully saturated rings. The van der Waals surface area contributed by atoms with Crippen LogP contribution in [0.25, 0.3) is 28.2 Å². The number of aromatic amines is 1. The molecule has 2 aromatic carbocycles. The third-order valence-electron chi connectivity index (χ3n) is 4.94. The average Bonchev–Trinajstić information content (AvgIpc) is 3.42. The van der Waals surface area contributed by atoms with Crippen molar-refractivity contribution < 1.29 is 0 Å². The van der Waals surface area contributed by atoms with Crippen molar-refractivity contribution in [2.75, 3.05) is 0 Å². The predicted octanol–water partition coefficient (Wildman–Crippen LogP) is 2.36. The van der Waals surface area contributed by atoms with Gasteiger partial charge < -0.3 is 4.98 Å². The number of rotatable bonds is 4. The fourth-order valence-electron chi connectivity index (χ4n) is 3.36. The van der Waals surface area contributed by atoms with Crippen LogP contribution in [0.2, 0.25) is 0 Å². The monoisotopic (exact) mass is 431 g/mol. The summed E-state index contributed by atoms with van der Waals surface area (Å²) in [6.45, 7) is 0. The van der Waals surface area contributed by atoms with Crippen LogP contribution in [0.4, 0.5) is 0 Å². The molecule has 0 saturated carbocycles. The molecular weight excluding hydrogens is 414 g/mol. The largest absolute Gasteiger partial charge is 0.332 e. The summed E-state index contributed by atoms with van der Waals surface area (Å²) in [5.74, 6) is 0.689. The molecule has 3 aromatic heterocycles. The van der Waals surface area contributed by atoms with E-state index in [0.29, 0.717) is 21.8 Å². The van der Waals surface area contributed by atoms with Gasteiger partial charge in [0.1, 0.15) is 0 Å². The summed E-state index contributed by atoms with van der Waals surface area (Å²) in [6.07, 6.45) is 0. The van der Waals surface area contributed by atoms with Crippen molar-refractivity contribution in [3.63, 3.8) is 0 Å². The molecule has 3 heterocycles. The van der Waals surface area contributed by atoms with Crippen molar-refractivity contribution in [3.05, 3.63) is 81.5 Å². The molecule has 0 atom stereocenters. The van der Waals surface area contributed by atoms with E-state index in [1.54, 1.807) is 7.05 Å². The zero-order valence-electron chi connectivity index (χ0n) is 16.7. The summed E-state index contributed by atoms with van der Waals surface area (Å²) >= 11 is 1.24. The van der Waals surface area contributed by atoms with Gasteiger partial charge in [0.05, 0.1) is 0 Å². The summed E-state index contributed by atoms with van der Waals surface area (Å²) in [4.78, 5) is 32.2. The maximum Gasteiger partial charge on any atom is 0.332 e. The first-order chi connectivity index (χ1) is 15.0. The summed E-state index contributed by atoms with van der Waals surface area (Å²) in [5.41, 5.74) is 1.52. The molecule has 154 valence electrons. The van der Waals surface area contributed by atoms with Crippen molar-refractivity contribution in [2.24, 2.45) is 14.1 Å². The van der Waals surface area contributed by atoms with Crippen molar-refractivity contribution in [1.82, 2.24) is 33.9 Å². The Kier molecular flexibility index (Phi) is 4.55. The minimum Gasteiger partial charge on any atom is -0.327 e. The van der Waals surface area contributed by atoms with Gasteiger partial charge >= 0.3 is 5.69 Å². The first-order valence-corrected chi connectivity index (χ1v) is 10.3. The zero-order valence-corrected chi connectivity index (χ0v) is 17.5. The van der Waals surface area contributed by atoms with Gasteiger partial charge in [-0.3, -0.25) is 18.5 Å². The van der Waals surface area contributed by atoms with Crippen LogP contribution in [0.3, 0.4) is 0 Å². The van der Waals surface area contributed by atoms with Crippen LogP contribution in [0.15, 0.2) is 80.6 Å². The molecule has 0 spiro atoms. The van der Waals surface area contributed by atoms with E-state index in [9.17, 15) is 9.59 Å². The second-order valence-corrected chi connectivity index (χ2v) is 7.85. The molecule has 0 saturated heterocycles. The Labute approximate surface area is 180 Å². The number of hydrogen-bond acceptors (Lipinski definition) is 6. The van der Waals surface area contributed by atoms with E-state index >= 15 is 0 Å². The number of para-hydroxylation sites is 1. The first-order valence-electron chi connectivity index (χ1n) is 9.44. The van der Waals surface area contributed by atoms with Gasteiger partial charge in [-0.15, -0.1) is 10.2 Å². The molecule has 0 aliphatic heterocycles. The number of benzene rings is 2. The van der Waals surface area contributed by atoms with Gasteiger partial charge in [-0.05, 0) is 23.9 Å². The van der Waals surface area contributed by atoms with E-state index in [0.717, 1.165) is 15.8 Å². The van der Waals surface area contributed by atoms with E-state index in [2.05, 4.69) is 20.2 Å². The van der Waals surface area contributed by atoms with Crippen LogP contribution < -0.4 is 11.2 Å². The Morgan fingerprint density at radius 2 is 1.55 bits per heavy atom. The first kappa shape index (κ1) is 19.1. The van der Waals surface area contributed by atoms with Crippen LogP contribution in [0.5, 0.6) is 0 Å². The molecule has 0 radical (unpaired) electrons. The fourth-order valence-corrected chi connectivity index (χ4v) is 4.18. The van der Waals surface area contributed by atoms with Crippen LogP contribution >= 0.6 is 11.8 Å². The quantitative estimate of drug-likeness (QED) is 0.469. The van der Waals surface area contributed by atoms with Crippen LogP contribution in [0, 0.1) is 0 Å². The number of aromatic nitrogens is 7. The number of imidazole rings is 1. The third kappa shape index (κ3) is 3.17. The molecule has 0 aliphatic rings. The lowest BCUT2D eigenvalue weighted by atomic mass is 10.2. The molecule has 1 N–H and O–H groups in total. The lowest BCUT2D eigenvalue weighted by Crippen LogP contribution is -2.36. The Bertz CT molecular complexity index is 1510. The van der Waals surface area contributed by atoms with Crippen molar-refractivity contribution in [2.45, 2.75) is 10.3 Å². The highest BCUT2D eigenvalue weighted by Gasteiger charge is 2.20. The van der Waals surface area contributed by atoms with Crippen LogP contribution in [-0.2, 0) is 14.1 Å². The molecule has 9 nitrogen and oxygen atoms in total. The van der Waals surface area contributed by atoms with Gasteiger partial charge in [-0.25, -0.2) is 9.78 Å². The van der Waals surface area contributed by atoms with Gasteiger partial charge in [-0.2, -0.15) is 0 Å². The Hall–Kier alpha value is -3.92. The van der Waals surface area contributed by atoms with Gasteiger partial charge in [0.15, 0.2) is 22.1 Å². The molecule has 0 amide bonds. The maximum absolute atomic E-state index is 12.5. The molecule has 10 heteroatoms. The standard InChI is InChI=1S/C21H17N7O2S/c1-26-17-15(18(29)27(2)21(26)30)22-19(23-17)31-20-25-24-16(13-9-5-3-6-10-13)28(20)14-11-7-4-8-12-14/h3-12H,1-2H3,(H,22,23). The van der Waals surface area contributed by atoms with Gasteiger partial charge in [-0.1, -0.05) is 48.5 Å². The maximum atomic E-state index is 12.5. The predicted molar refractivity (Wildman–Crippen MR) is 117 cm³/mol. The zero-order chi connectivity index (χ0) is 21.5. The highest BCUT2D eigenvalue weighted by molar-refractivity contribution is 7.99. The van der Waals surface area contributed by atoms with E-state index < -0.39 is 11.2 Å². The van der Waals surface area contributed by atoms with Crippen molar-refractivity contribution >= 4 is 22.9 Å². The minimum atomic E-state index is -0.431. The van der Waals surface area contributed by atoms with Gasteiger partial charge in [0, 0.05) is 25.3 Å². The highest BCUT2D eigenvalue weighted by atomic mass is 32.2. The normalized spacial score (nSPS) is 11.3. The Morgan fingerprint density at radius 3 is 2.26 bits per heavy atom. The summed E-state index contributed by atoms with van der Waals surface area (Å²) in [5, 5.41) is 9.80. The number of aryl methyl sites for hydroxylation is 1. The second-order valence-electron chi connectivity index (χ2n) is 6.89. The van der Waals surface area contributed by atoms with E-state index in [1.807, 2.05) is 65.2 Å². The molecule has 0 unspecified atom stereocenters. The summed E-state index contributed by atoms with van der Waals surface area (Å²) < 4.78 is 4.33. The van der Waals surface area contributed by atoms with E-state index in [1.165, 1.54) is 23.4 Å². The summed E-state index contributed by atoms with van der Waals surface area (Å²) in [6, 6.07) is 19.6. The lowest BCUT2D eigenvalue weighted by Gasteiger charge is -2.09. The number of fused-ring (bicyclic) bond motifs is 1. The van der Waals surface area contributed by atoms with Crippen molar-refractivity contribution in [3.8, 4) is 17.1 Å². The SMILES string of the molecule is Cn1c(=O)c2[nH]c(Sc3nnc(-c4ccccc4)n3-c3ccccc3)nc2n(C)c1=O. The Balaban J connectivity index is 1.66. The highest BCUT2D eigenvalue weighted by Crippen LogP contribution is 2.31.